The molecule has 0 amide bonds. The lowest BCUT2D eigenvalue weighted by atomic mass is 10.2. The minimum atomic E-state index is 0.763. The van der Waals surface area contributed by atoms with Crippen LogP contribution in [0.1, 0.15) is 39.5 Å². The Morgan fingerprint density at radius 1 is 1.12 bits per heavy atom. The molecule has 0 unspecified atom stereocenters. The van der Waals surface area contributed by atoms with Gasteiger partial charge in [-0.1, -0.05) is 13.8 Å². The fourth-order valence-corrected chi connectivity index (χ4v) is 2.65. The Morgan fingerprint density at radius 2 is 1.76 bits per heavy atom. The summed E-state index contributed by atoms with van der Waals surface area (Å²) in [6.07, 6.45) is 5.26. The monoisotopic (exact) mass is 241 g/mol. The normalized spacial score (nSPS) is 17.5. The summed E-state index contributed by atoms with van der Waals surface area (Å²) in [6.45, 7) is 13.0. The van der Waals surface area contributed by atoms with E-state index in [1.165, 1.54) is 58.5 Å². The van der Waals surface area contributed by atoms with Gasteiger partial charge in [0.25, 0.3) is 0 Å². The summed E-state index contributed by atoms with van der Waals surface area (Å²) < 4.78 is 0. The molecule has 1 rings (SSSR count). The van der Waals surface area contributed by atoms with Gasteiger partial charge in [-0.15, -0.1) is 0 Å². The van der Waals surface area contributed by atoms with E-state index in [0.717, 1.165) is 18.9 Å². The molecule has 0 radical (unpaired) electrons. The zero-order valence-corrected chi connectivity index (χ0v) is 11.8. The average molecular weight is 241 g/mol. The van der Waals surface area contributed by atoms with Gasteiger partial charge < -0.3 is 15.5 Å². The minimum Gasteiger partial charge on any atom is -0.330 e. The van der Waals surface area contributed by atoms with E-state index in [-0.39, 0.29) is 0 Å². The van der Waals surface area contributed by atoms with E-state index in [2.05, 4.69) is 23.6 Å². The Hall–Kier alpha value is -0.120. The molecule has 102 valence electrons. The van der Waals surface area contributed by atoms with Crippen molar-refractivity contribution in [2.24, 2.45) is 11.7 Å². The number of nitrogens with zero attached hydrogens (tertiary/aromatic N) is 2. The van der Waals surface area contributed by atoms with Gasteiger partial charge in [0, 0.05) is 6.54 Å². The second kappa shape index (κ2) is 8.90. The van der Waals surface area contributed by atoms with Gasteiger partial charge in [-0.2, -0.15) is 0 Å². The van der Waals surface area contributed by atoms with Crippen molar-refractivity contribution in [1.82, 2.24) is 9.80 Å². The second-order valence-electron chi connectivity index (χ2n) is 5.74. The zero-order chi connectivity index (χ0) is 12.5. The van der Waals surface area contributed by atoms with Gasteiger partial charge in [-0.25, -0.2) is 0 Å². The molecule has 0 aromatic rings. The lowest BCUT2D eigenvalue weighted by Crippen LogP contribution is -2.33. The maximum atomic E-state index is 5.60. The Bertz CT molecular complexity index is 176. The Morgan fingerprint density at radius 3 is 2.35 bits per heavy atom. The zero-order valence-electron chi connectivity index (χ0n) is 11.8. The van der Waals surface area contributed by atoms with Gasteiger partial charge in [0.2, 0.25) is 0 Å². The first-order chi connectivity index (χ1) is 8.22. The van der Waals surface area contributed by atoms with Crippen molar-refractivity contribution < 1.29 is 0 Å². The van der Waals surface area contributed by atoms with Crippen LogP contribution in [0, 0.1) is 5.92 Å². The second-order valence-corrected chi connectivity index (χ2v) is 5.74. The highest BCUT2D eigenvalue weighted by Crippen LogP contribution is 2.08. The van der Waals surface area contributed by atoms with Crippen LogP contribution < -0.4 is 5.73 Å². The van der Waals surface area contributed by atoms with E-state index in [4.69, 9.17) is 5.73 Å². The van der Waals surface area contributed by atoms with Crippen LogP contribution in [0.2, 0.25) is 0 Å². The lowest BCUT2D eigenvalue weighted by molar-refractivity contribution is 0.223. The Labute approximate surface area is 107 Å². The molecule has 3 heteroatoms. The van der Waals surface area contributed by atoms with Crippen molar-refractivity contribution in [2.45, 2.75) is 39.5 Å². The SMILES string of the molecule is CC(C)CN(CCCN)CCCN1CCCC1. The van der Waals surface area contributed by atoms with E-state index in [1.807, 2.05) is 0 Å². The molecule has 0 spiro atoms. The largest absolute Gasteiger partial charge is 0.330 e. The van der Waals surface area contributed by atoms with Gasteiger partial charge in [-0.3, -0.25) is 0 Å². The molecule has 17 heavy (non-hydrogen) atoms. The topological polar surface area (TPSA) is 32.5 Å². The van der Waals surface area contributed by atoms with Crippen molar-refractivity contribution >= 4 is 0 Å². The smallest absolute Gasteiger partial charge is 0.000440 e. The van der Waals surface area contributed by atoms with Crippen molar-refractivity contribution in [1.29, 1.82) is 0 Å². The van der Waals surface area contributed by atoms with Gasteiger partial charge in [-0.05, 0) is 70.9 Å². The van der Waals surface area contributed by atoms with E-state index in [1.54, 1.807) is 0 Å². The molecule has 0 aliphatic carbocycles. The van der Waals surface area contributed by atoms with Crippen LogP contribution in [0.3, 0.4) is 0 Å². The number of hydrogen-bond donors (Lipinski definition) is 1. The van der Waals surface area contributed by atoms with Gasteiger partial charge in [0.1, 0.15) is 0 Å². The van der Waals surface area contributed by atoms with Gasteiger partial charge >= 0.3 is 0 Å². The molecule has 0 saturated carbocycles. The molecule has 0 bridgehead atoms. The Balaban J connectivity index is 2.12. The molecule has 2 N–H and O–H groups in total. The van der Waals surface area contributed by atoms with Crippen LogP contribution >= 0.6 is 0 Å². The molecule has 1 heterocycles. The van der Waals surface area contributed by atoms with Crippen molar-refractivity contribution in [2.75, 3.05) is 45.8 Å². The third-order valence-corrected chi connectivity index (χ3v) is 3.45. The van der Waals surface area contributed by atoms with Crippen molar-refractivity contribution in [3.05, 3.63) is 0 Å². The first-order valence-corrected chi connectivity index (χ1v) is 7.37. The predicted molar refractivity (Wildman–Crippen MR) is 75.2 cm³/mol. The van der Waals surface area contributed by atoms with Crippen LogP contribution in [-0.2, 0) is 0 Å². The average Bonchev–Trinajstić information content (AvgIpc) is 2.78. The standard InChI is InChI=1S/C14H31N3/c1-14(2)13-17(10-5-7-15)12-6-11-16-8-3-4-9-16/h14H,3-13,15H2,1-2H3. The molecule has 0 atom stereocenters. The fourth-order valence-electron chi connectivity index (χ4n) is 2.65. The maximum Gasteiger partial charge on any atom is 0.000440 e. The molecule has 1 aliphatic rings. The molecular formula is C14H31N3. The summed E-state index contributed by atoms with van der Waals surface area (Å²) in [4.78, 5) is 5.20. The number of rotatable bonds is 9. The number of likely N-dealkylation sites (tertiary alicyclic amines) is 1. The van der Waals surface area contributed by atoms with Gasteiger partial charge in [0.15, 0.2) is 0 Å². The third-order valence-electron chi connectivity index (χ3n) is 3.45. The highest BCUT2D eigenvalue weighted by atomic mass is 15.2. The summed E-state index contributed by atoms with van der Waals surface area (Å²) in [5.41, 5.74) is 5.60. The van der Waals surface area contributed by atoms with Crippen LogP contribution in [0.4, 0.5) is 0 Å². The maximum absolute atomic E-state index is 5.60. The summed E-state index contributed by atoms with van der Waals surface area (Å²) in [6, 6.07) is 0. The molecule has 1 fully saturated rings. The molecule has 0 aromatic heterocycles. The van der Waals surface area contributed by atoms with Crippen molar-refractivity contribution in [3.63, 3.8) is 0 Å². The first-order valence-electron chi connectivity index (χ1n) is 7.37. The predicted octanol–water partition coefficient (Wildman–Crippen LogP) is 1.78. The molecular weight excluding hydrogens is 210 g/mol. The van der Waals surface area contributed by atoms with Crippen molar-refractivity contribution in [3.8, 4) is 0 Å². The molecule has 3 nitrogen and oxygen atoms in total. The number of nitrogens with two attached hydrogens (primary N) is 1. The summed E-state index contributed by atoms with van der Waals surface area (Å²) >= 11 is 0. The third kappa shape index (κ3) is 7.02. The van der Waals surface area contributed by atoms with Crippen LogP contribution in [-0.4, -0.2) is 55.6 Å². The van der Waals surface area contributed by atoms with E-state index >= 15 is 0 Å². The summed E-state index contributed by atoms with van der Waals surface area (Å²) in [7, 11) is 0. The molecule has 1 saturated heterocycles. The minimum absolute atomic E-state index is 0.763. The highest BCUT2D eigenvalue weighted by molar-refractivity contribution is 4.68. The lowest BCUT2D eigenvalue weighted by Gasteiger charge is -2.25. The number of hydrogen-bond acceptors (Lipinski definition) is 3. The quantitative estimate of drug-likeness (QED) is 0.668. The van der Waals surface area contributed by atoms with Crippen LogP contribution in [0.5, 0.6) is 0 Å². The van der Waals surface area contributed by atoms with E-state index in [9.17, 15) is 0 Å². The summed E-state index contributed by atoms with van der Waals surface area (Å²) in [5, 5.41) is 0. The van der Waals surface area contributed by atoms with Crippen LogP contribution in [0.25, 0.3) is 0 Å². The van der Waals surface area contributed by atoms with E-state index < -0.39 is 0 Å². The van der Waals surface area contributed by atoms with E-state index in [0.29, 0.717) is 0 Å². The molecule has 1 aliphatic heterocycles. The first kappa shape index (κ1) is 14.9. The highest BCUT2D eigenvalue weighted by Gasteiger charge is 2.12. The summed E-state index contributed by atoms with van der Waals surface area (Å²) in [5.74, 6) is 0.763. The molecule has 0 aromatic carbocycles. The van der Waals surface area contributed by atoms with Crippen LogP contribution in [0.15, 0.2) is 0 Å². The fraction of sp³-hybridized carbons (Fsp3) is 1.00. The van der Waals surface area contributed by atoms with Gasteiger partial charge in [0.05, 0.1) is 0 Å². The Kier molecular flexibility index (Phi) is 7.82.